The summed E-state index contributed by atoms with van der Waals surface area (Å²) in [7, 11) is 4.82. The third-order valence-corrected chi connectivity index (χ3v) is 2.92. The first-order chi connectivity index (χ1) is 10.2. The van der Waals surface area contributed by atoms with Gasteiger partial charge in [0.05, 0.1) is 27.2 Å². The molecule has 118 valence electrons. The van der Waals surface area contributed by atoms with Gasteiger partial charge in [0, 0.05) is 26.7 Å². The molecule has 0 aliphatic rings. The molecule has 0 aromatic heterocycles. The van der Waals surface area contributed by atoms with Gasteiger partial charge in [-0.25, -0.2) is 0 Å². The first-order valence-corrected chi connectivity index (χ1v) is 6.88. The molecular weight excluding hydrogens is 272 g/mol. The zero-order valence-corrected chi connectivity index (χ0v) is 12.9. The smallest absolute Gasteiger partial charge is 0.224 e. The molecule has 0 unspecified atom stereocenters. The predicted octanol–water partition coefficient (Wildman–Crippen LogP) is 0.599. The number of ether oxygens (including phenoxy) is 3. The van der Waals surface area contributed by atoms with E-state index in [-0.39, 0.29) is 5.91 Å². The van der Waals surface area contributed by atoms with Gasteiger partial charge < -0.3 is 24.8 Å². The van der Waals surface area contributed by atoms with Crippen LogP contribution in [0.15, 0.2) is 18.2 Å². The molecule has 0 aliphatic heterocycles. The number of carbonyl (C=O) groups is 1. The lowest BCUT2D eigenvalue weighted by Crippen LogP contribution is -2.33. The second-order valence-electron chi connectivity index (χ2n) is 4.46. The van der Waals surface area contributed by atoms with Gasteiger partial charge in [0.1, 0.15) is 0 Å². The molecule has 6 heteroatoms. The number of rotatable bonds is 10. The van der Waals surface area contributed by atoms with Gasteiger partial charge >= 0.3 is 0 Å². The lowest BCUT2D eigenvalue weighted by molar-refractivity contribution is -0.120. The van der Waals surface area contributed by atoms with Crippen molar-refractivity contribution in [2.45, 2.75) is 6.42 Å². The van der Waals surface area contributed by atoms with Crippen molar-refractivity contribution in [2.75, 3.05) is 47.6 Å². The van der Waals surface area contributed by atoms with Crippen molar-refractivity contribution in [3.63, 3.8) is 0 Å². The number of nitrogens with one attached hydrogen (secondary N) is 2. The van der Waals surface area contributed by atoms with E-state index in [2.05, 4.69) is 10.6 Å². The molecule has 1 aromatic carbocycles. The van der Waals surface area contributed by atoms with Crippen molar-refractivity contribution in [3.8, 4) is 11.5 Å². The molecule has 0 radical (unpaired) electrons. The molecule has 0 saturated carbocycles. The highest BCUT2D eigenvalue weighted by molar-refractivity contribution is 5.78. The first kappa shape index (κ1) is 17.3. The van der Waals surface area contributed by atoms with Crippen LogP contribution in [0.1, 0.15) is 5.56 Å². The fourth-order valence-corrected chi connectivity index (χ4v) is 1.83. The highest BCUT2D eigenvalue weighted by Gasteiger charge is 2.07. The summed E-state index contributed by atoms with van der Waals surface area (Å²) in [6.45, 7) is 2.76. The summed E-state index contributed by atoms with van der Waals surface area (Å²) in [5, 5.41) is 6.02. The maximum atomic E-state index is 11.8. The van der Waals surface area contributed by atoms with Crippen LogP contribution in [0.25, 0.3) is 0 Å². The van der Waals surface area contributed by atoms with Crippen molar-refractivity contribution in [3.05, 3.63) is 23.8 Å². The molecule has 1 aromatic rings. The zero-order valence-electron chi connectivity index (χ0n) is 12.9. The largest absolute Gasteiger partial charge is 0.493 e. The molecule has 6 nitrogen and oxygen atoms in total. The van der Waals surface area contributed by atoms with Gasteiger partial charge in [0.25, 0.3) is 0 Å². The Morgan fingerprint density at radius 2 is 1.81 bits per heavy atom. The minimum atomic E-state index is -0.0178. The molecule has 1 rings (SSSR count). The van der Waals surface area contributed by atoms with E-state index in [0.29, 0.717) is 31.1 Å². The maximum absolute atomic E-state index is 11.8. The topological polar surface area (TPSA) is 68.8 Å². The predicted molar refractivity (Wildman–Crippen MR) is 81.0 cm³/mol. The third kappa shape index (κ3) is 6.46. The van der Waals surface area contributed by atoms with E-state index in [1.807, 2.05) is 12.1 Å². The Hall–Kier alpha value is -1.79. The van der Waals surface area contributed by atoms with Gasteiger partial charge in [-0.1, -0.05) is 6.07 Å². The van der Waals surface area contributed by atoms with Gasteiger partial charge in [0.15, 0.2) is 11.5 Å². The van der Waals surface area contributed by atoms with Crippen LogP contribution < -0.4 is 20.1 Å². The van der Waals surface area contributed by atoms with Crippen molar-refractivity contribution < 1.29 is 19.0 Å². The summed E-state index contributed by atoms with van der Waals surface area (Å²) in [4.78, 5) is 11.8. The lowest BCUT2D eigenvalue weighted by atomic mass is 10.1. The summed E-state index contributed by atoms with van der Waals surface area (Å²) in [6.07, 6.45) is 0.318. The van der Waals surface area contributed by atoms with Gasteiger partial charge in [-0.15, -0.1) is 0 Å². The van der Waals surface area contributed by atoms with E-state index in [9.17, 15) is 4.79 Å². The Balaban J connectivity index is 2.34. The second kappa shape index (κ2) is 10.0. The van der Waals surface area contributed by atoms with Crippen LogP contribution in [0.4, 0.5) is 0 Å². The highest BCUT2D eigenvalue weighted by atomic mass is 16.5. The molecular formula is C15H24N2O4. The Morgan fingerprint density at radius 1 is 1.05 bits per heavy atom. The normalized spacial score (nSPS) is 10.2. The summed E-state index contributed by atoms with van der Waals surface area (Å²) >= 11 is 0. The minimum Gasteiger partial charge on any atom is -0.493 e. The summed E-state index contributed by atoms with van der Waals surface area (Å²) in [5.74, 6) is 1.27. The average molecular weight is 296 g/mol. The first-order valence-electron chi connectivity index (χ1n) is 6.88. The number of hydrogen-bond donors (Lipinski definition) is 2. The number of amides is 1. The Bertz CT molecular complexity index is 438. The molecule has 2 N–H and O–H groups in total. The summed E-state index contributed by atoms with van der Waals surface area (Å²) in [5.41, 5.74) is 0.887. The Morgan fingerprint density at radius 3 is 2.48 bits per heavy atom. The van der Waals surface area contributed by atoms with E-state index < -0.39 is 0 Å². The molecule has 0 fully saturated rings. The van der Waals surface area contributed by atoms with Crippen LogP contribution in [-0.4, -0.2) is 53.5 Å². The van der Waals surface area contributed by atoms with Gasteiger partial charge in [-0.3, -0.25) is 4.79 Å². The van der Waals surface area contributed by atoms with Crippen LogP contribution in [-0.2, 0) is 16.0 Å². The average Bonchev–Trinajstić information content (AvgIpc) is 2.50. The molecule has 0 atom stereocenters. The quantitative estimate of drug-likeness (QED) is 0.619. The van der Waals surface area contributed by atoms with Crippen LogP contribution in [0.3, 0.4) is 0 Å². The van der Waals surface area contributed by atoms with Crippen LogP contribution in [0.2, 0.25) is 0 Å². The van der Waals surface area contributed by atoms with Crippen molar-refractivity contribution >= 4 is 5.91 Å². The Labute approximate surface area is 125 Å². The number of carbonyl (C=O) groups excluding carboxylic acids is 1. The number of benzene rings is 1. The van der Waals surface area contributed by atoms with E-state index in [0.717, 1.165) is 18.7 Å². The fraction of sp³-hybridized carbons (Fsp3) is 0.533. The molecule has 1 amide bonds. The summed E-state index contributed by atoms with van der Waals surface area (Å²) in [6, 6.07) is 5.47. The molecule has 21 heavy (non-hydrogen) atoms. The van der Waals surface area contributed by atoms with Crippen LogP contribution >= 0.6 is 0 Å². The van der Waals surface area contributed by atoms with Crippen molar-refractivity contribution in [1.29, 1.82) is 0 Å². The monoisotopic (exact) mass is 296 g/mol. The lowest BCUT2D eigenvalue weighted by Gasteiger charge is -2.10. The molecule has 0 bridgehead atoms. The number of hydrogen-bond acceptors (Lipinski definition) is 5. The summed E-state index contributed by atoms with van der Waals surface area (Å²) < 4.78 is 15.3. The van der Waals surface area contributed by atoms with E-state index in [1.165, 1.54) is 0 Å². The SMILES string of the molecule is COCCNCCNC(=O)Cc1ccc(OC)c(OC)c1. The van der Waals surface area contributed by atoms with Crippen LogP contribution in [0.5, 0.6) is 11.5 Å². The third-order valence-electron chi connectivity index (χ3n) is 2.92. The number of methoxy groups -OCH3 is 3. The Kier molecular flexibility index (Phi) is 8.23. The molecule has 0 saturated heterocycles. The van der Waals surface area contributed by atoms with E-state index in [1.54, 1.807) is 27.4 Å². The molecule has 0 aliphatic carbocycles. The standard InChI is InChI=1S/C15H24N2O4/c1-19-9-8-16-6-7-17-15(18)11-12-4-5-13(20-2)14(10-12)21-3/h4-5,10,16H,6-9,11H2,1-3H3,(H,17,18). The van der Waals surface area contributed by atoms with E-state index in [4.69, 9.17) is 14.2 Å². The second-order valence-corrected chi connectivity index (χ2v) is 4.46. The highest BCUT2D eigenvalue weighted by Crippen LogP contribution is 2.27. The minimum absolute atomic E-state index is 0.0178. The van der Waals surface area contributed by atoms with Gasteiger partial charge in [0.2, 0.25) is 5.91 Å². The molecule has 0 heterocycles. The maximum Gasteiger partial charge on any atom is 0.224 e. The van der Waals surface area contributed by atoms with E-state index >= 15 is 0 Å². The van der Waals surface area contributed by atoms with Crippen LogP contribution in [0, 0.1) is 0 Å². The van der Waals surface area contributed by atoms with Gasteiger partial charge in [-0.05, 0) is 17.7 Å². The van der Waals surface area contributed by atoms with Crippen molar-refractivity contribution in [1.82, 2.24) is 10.6 Å². The fourth-order valence-electron chi connectivity index (χ4n) is 1.83. The van der Waals surface area contributed by atoms with Gasteiger partial charge in [-0.2, -0.15) is 0 Å². The molecule has 0 spiro atoms. The zero-order chi connectivity index (χ0) is 15.5. The van der Waals surface area contributed by atoms with Crippen molar-refractivity contribution in [2.24, 2.45) is 0 Å².